The second-order valence-corrected chi connectivity index (χ2v) is 4.99. The lowest BCUT2D eigenvalue weighted by atomic mass is 10.2. The van der Waals surface area contributed by atoms with Crippen LogP contribution >= 0.6 is 0 Å². The Labute approximate surface area is 64.7 Å². The van der Waals surface area contributed by atoms with E-state index in [9.17, 15) is 0 Å². The van der Waals surface area contributed by atoms with Crippen LogP contribution in [0.2, 0.25) is 0 Å². The van der Waals surface area contributed by atoms with E-state index in [1.807, 2.05) is 20.8 Å². The molecule has 0 fully saturated rings. The van der Waals surface area contributed by atoms with Crippen LogP contribution in [0.5, 0.6) is 0 Å². The molecule has 0 bridgehead atoms. The SMILES string of the molecule is C=C[SiH](OC)OC(C)(C)C. The molecule has 0 radical (unpaired) electrons. The third-order valence-corrected chi connectivity index (χ3v) is 2.68. The summed E-state index contributed by atoms with van der Waals surface area (Å²) < 4.78 is 10.6. The van der Waals surface area contributed by atoms with Gasteiger partial charge in [0.1, 0.15) is 0 Å². The van der Waals surface area contributed by atoms with E-state index < -0.39 is 9.28 Å². The van der Waals surface area contributed by atoms with E-state index in [1.165, 1.54) is 0 Å². The van der Waals surface area contributed by atoms with E-state index in [4.69, 9.17) is 8.85 Å². The maximum atomic E-state index is 5.53. The molecular formula is C7H16O2Si. The summed E-state index contributed by atoms with van der Waals surface area (Å²) in [6, 6.07) is 0. The Morgan fingerprint density at radius 1 is 1.40 bits per heavy atom. The minimum atomic E-state index is -1.55. The fraction of sp³-hybridized carbons (Fsp3) is 0.714. The monoisotopic (exact) mass is 160 g/mol. The molecule has 0 aliphatic rings. The summed E-state index contributed by atoms with van der Waals surface area (Å²) in [4.78, 5) is 0. The summed E-state index contributed by atoms with van der Waals surface area (Å²) in [7, 11) is 0.104. The van der Waals surface area contributed by atoms with Crippen molar-refractivity contribution in [1.29, 1.82) is 0 Å². The van der Waals surface area contributed by atoms with Gasteiger partial charge in [-0.3, -0.25) is 0 Å². The first-order chi connectivity index (χ1) is 4.49. The van der Waals surface area contributed by atoms with Crippen LogP contribution in [0.15, 0.2) is 12.3 Å². The highest BCUT2D eigenvalue weighted by Gasteiger charge is 2.16. The summed E-state index contributed by atoms with van der Waals surface area (Å²) in [5.74, 6) is 0. The molecular weight excluding hydrogens is 144 g/mol. The van der Waals surface area contributed by atoms with Crippen LogP contribution in [-0.2, 0) is 8.85 Å². The van der Waals surface area contributed by atoms with Gasteiger partial charge in [0.25, 0.3) is 0 Å². The van der Waals surface area contributed by atoms with Crippen molar-refractivity contribution in [1.82, 2.24) is 0 Å². The molecule has 3 heteroatoms. The average Bonchev–Trinajstić information content (AvgIpc) is 1.81. The molecule has 1 atom stereocenters. The summed E-state index contributed by atoms with van der Waals surface area (Å²) in [5, 5.41) is 0. The molecule has 60 valence electrons. The highest BCUT2D eigenvalue weighted by atomic mass is 28.3. The first-order valence-electron chi connectivity index (χ1n) is 3.33. The molecule has 0 aliphatic heterocycles. The molecule has 0 heterocycles. The van der Waals surface area contributed by atoms with Crippen LogP contribution in [0.4, 0.5) is 0 Å². The van der Waals surface area contributed by atoms with Crippen molar-refractivity contribution >= 4 is 9.28 Å². The fourth-order valence-electron chi connectivity index (χ4n) is 0.541. The Morgan fingerprint density at radius 2 is 1.90 bits per heavy atom. The molecule has 0 saturated heterocycles. The normalized spacial score (nSPS) is 14.8. The van der Waals surface area contributed by atoms with Crippen molar-refractivity contribution in [3.05, 3.63) is 12.3 Å². The zero-order valence-electron chi connectivity index (χ0n) is 7.18. The zero-order chi connectivity index (χ0) is 8.20. The Balaban J connectivity index is 3.74. The molecule has 0 aromatic carbocycles. The molecule has 0 spiro atoms. The smallest absolute Gasteiger partial charge is 0.347 e. The predicted octanol–water partition coefficient (Wildman–Crippen LogP) is 1.39. The molecule has 0 amide bonds. The summed E-state index contributed by atoms with van der Waals surface area (Å²) in [6.45, 7) is 9.66. The Kier molecular flexibility index (Phi) is 3.86. The third-order valence-electron chi connectivity index (χ3n) is 0.894. The molecule has 10 heavy (non-hydrogen) atoms. The van der Waals surface area contributed by atoms with Crippen molar-refractivity contribution in [3.63, 3.8) is 0 Å². The van der Waals surface area contributed by atoms with E-state index in [1.54, 1.807) is 12.8 Å². The molecule has 1 unspecified atom stereocenters. The summed E-state index contributed by atoms with van der Waals surface area (Å²) >= 11 is 0. The fourth-order valence-corrected chi connectivity index (χ4v) is 1.62. The number of hydrogen-bond acceptors (Lipinski definition) is 2. The van der Waals surface area contributed by atoms with E-state index in [2.05, 4.69) is 6.58 Å². The lowest BCUT2D eigenvalue weighted by Crippen LogP contribution is -2.30. The third kappa shape index (κ3) is 4.73. The number of hydrogen-bond donors (Lipinski definition) is 0. The van der Waals surface area contributed by atoms with Gasteiger partial charge < -0.3 is 8.85 Å². The van der Waals surface area contributed by atoms with Gasteiger partial charge in [0.2, 0.25) is 0 Å². The molecule has 0 aliphatic carbocycles. The second-order valence-electron chi connectivity index (χ2n) is 3.07. The minimum Gasteiger partial charge on any atom is -0.397 e. The minimum absolute atomic E-state index is 0.110. The largest absolute Gasteiger partial charge is 0.397 e. The first kappa shape index (κ1) is 9.88. The Bertz CT molecular complexity index is 107. The van der Waals surface area contributed by atoms with Crippen LogP contribution in [0.1, 0.15) is 20.8 Å². The van der Waals surface area contributed by atoms with Gasteiger partial charge >= 0.3 is 9.28 Å². The van der Waals surface area contributed by atoms with Crippen molar-refractivity contribution in [3.8, 4) is 0 Å². The lowest BCUT2D eigenvalue weighted by Gasteiger charge is -2.23. The predicted molar refractivity (Wildman–Crippen MR) is 45.2 cm³/mol. The van der Waals surface area contributed by atoms with Gasteiger partial charge in [-0.15, -0.1) is 6.58 Å². The van der Waals surface area contributed by atoms with Crippen molar-refractivity contribution in [2.45, 2.75) is 26.4 Å². The highest BCUT2D eigenvalue weighted by Crippen LogP contribution is 2.08. The van der Waals surface area contributed by atoms with E-state index >= 15 is 0 Å². The van der Waals surface area contributed by atoms with Gasteiger partial charge in [0.15, 0.2) is 0 Å². The second kappa shape index (κ2) is 3.90. The van der Waals surface area contributed by atoms with Gasteiger partial charge in [-0.1, -0.05) is 5.70 Å². The Hall–Kier alpha value is -0.123. The van der Waals surface area contributed by atoms with Crippen LogP contribution in [-0.4, -0.2) is 22.0 Å². The molecule has 0 N–H and O–H groups in total. The van der Waals surface area contributed by atoms with E-state index in [0.29, 0.717) is 0 Å². The van der Waals surface area contributed by atoms with Crippen LogP contribution in [0.25, 0.3) is 0 Å². The van der Waals surface area contributed by atoms with Crippen molar-refractivity contribution in [2.24, 2.45) is 0 Å². The maximum Gasteiger partial charge on any atom is 0.347 e. The van der Waals surface area contributed by atoms with Crippen LogP contribution < -0.4 is 0 Å². The van der Waals surface area contributed by atoms with E-state index in [-0.39, 0.29) is 5.60 Å². The standard InChI is InChI=1S/C7H16O2Si/c1-6-10(8-5)9-7(2,3)4/h6,10H,1H2,2-5H3. The number of rotatable bonds is 3. The Morgan fingerprint density at radius 3 is 2.00 bits per heavy atom. The molecule has 0 aromatic heterocycles. The lowest BCUT2D eigenvalue weighted by molar-refractivity contribution is 0.0975. The maximum absolute atomic E-state index is 5.53. The van der Waals surface area contributed by atoms with E-state index in [0.717, 1.165) is 0 Å². The molecule has 0 rings (SSSR count). The summed E-state index contributed by atoms with van der Waals surface area (Å²) in [6.07, 6.45) is 0. The van der Waals surface area contributed by atoms with Gasteiger partial charge in [-0.25, -0.2) is 0 Å². The first-order valence-corrected chi connectivity index (χ1v) is 4.93. The van der Waals surface area contributed by atoms with Crippen LogP contribution in [0.3, 0.4) is 0 Å². The quantitative estimate of drug-likeness (QED) is 0.581. The molecule has 0 aromatic rings. The van der Waals surface area contributed by atoms with Gasteiger partial charge in [0.05, 0.1) is 5.60 Å². The molecule has 0 saturated carbocycles. The summed E-state index contributed by atoms with van der Waals surface area (Å²) in [5.41, 5.74) is 1.66. The average molecular weight is 160 g/mol. The van der Waals surface area contributed by atoms with Crippen LogP contribution in [0, 0.1) is 0 Å². The zero-order valence-corrected chi connectivity index (χ0v) is 8.33. The van der Waals surface area contributed by atoms with Crippen molar-refractivity contribution in [2.75, 3.05) is 7.11 Å². The molecule has 2 nitrogen and oxygen atoms in total. The van der Waals surface area contributed by atoms with Crippen molar-refractivity contribution < 1.29 is 8.85 Å². The highest BCUT2D eigenvalue weighted by molar-refractivity contribution is 6.50. The topological polar surface area (TPSA) is 18.5 Å². The van der Waals surface area contributed by atoms with Gasteiger partial charge in [-0.2, -0.15) is 0 Å². The van der Waals surface area contributed by atoms with Gasteiger partial charge in [0, 0.05) is 7.11 Å². The van der Waals surface area contributed by atoms with Gasteiger partial charge in [-0.05, 0) is 20.8 Å².